The highest BCUT2D eigenvalue weighted by molar-refractivity contribution is 7.92. The largest absolute Gasteiger partial charge is 0.352 e. The number of hydrogen-bond donors (Lipinski definition) is 1. The van der Waals surface area contributed by atoms with Crippen LogP contribution in [-0.4, -0.2) is 27.9 Å². The number of hydrogen-bond acceptors (Lipinski definition) is 3. The molecule has 0 aromatic heterocycles. The number of carbonyl (C=O) groups excluding carboxylic acids is 1. The molecule has 0 aliphatic rings. The van der Waals surface area contributed by atoms with Gasteiger partial charge in [-0.05, 0) is 42.3 Å². The van der Waals surface area contributed by atoms with Gasteiger partial charge in [0.15, 0.2) is 0 Å². The van der Waals surface area contributed by atoms with Gasteiger partial charge < -0.3 is 5.32 Å². The second kappa shape index (κ2) is 9.28. The molecule has 3 aromatic carbocycles. The number of amides is 1. The van der Waals surface area contributed by atoms with Gasteiger partial charge in [-0.15, -0.1) is 0 Å². The van der Waals surface area contributed by atoms with Crippen LogP contribution in [0.1, 0.15) is 15.9 Å². The van der Waals surface area contributed by atoms with Crippen LogP contribution >= 0.6 is 11.6 Å². The van der Waals surface area contributed by atoms with Crippen molar-refractivity contribution >= 4 is 33.2 Å². The van der Waals surface area contributed by atoms with Gasteiger partial charge in [-0.2, -0.15) is 0 Å². The SMILES string of the molecule is CN(c1ccc(Cl)cc1C(=O)NCCc1ccccc1)S(=O)(=O)c1ccccc1F. The lowest BCUT2D eigenvalue weighted by molar-refractivity contribution is 0.0955. The molecule has 8 heteroatoms. The van der Waals surface area contributed by atoms with E-state index >= 15 is 0 Å². The molecule has 1 amide bonds. The fourth-order valence-electron chi connectivity index (χ4n) is 2.96. The molecular formula is C22H20ClFN2O3S. The van der Waals surface area contributed by atoms with Crippen molar-refractivity contribution in [2.24, 2.45) is 0 Å². The fourth-order valence-corrected chi connectivity index (χ4v) is 4.41. The number of benzene rings is 3. The molecule has 1 N–H and O–H groups in total. The number of carbonyl (C=O) groups is 1. The van der Waals surface area contributed by atoms with Gasteiger partial charge in [0, 0.05) is 18.6 Å². The molecule has 3 rings (SSSR count). The van der Waals surface area contributed by atoms with Crippen LogP contribution in [0.2, 0.25) is 5.02 Å². The third kappa shape index (κ3) is 4.80. The summed E-state index contributed by atoms with van der Waals surface area (Å²) in [6.45, 7) is 0.360. The van der Waals surface area contributed by atoms with Crippen molar-refractivity contribution in [2.75, 3.05) is 17.9 Å². The molecule has 0 bridgehead atoms. The number of rotatable bonds is 7. The lowest BCUT2D eigenvalue weighted by Gasteiger charge is -2.22. The average Bonchev–Trinajstić information content (AvgIpc) is 2.74. The second-order valence-corrected chi connectivity index (χ2v) is 8.93. The van der Waals surface area contributed by atoms with Crippen molar-refractivity contribution in [3.63, 3.8) is 0 Å². The first kappa shape index (κ1) is 21.8. The minimum absolute atomic E-state index is 0.0815. The Morgan fingerprint density at radius 3 is 2.40 bits per heavy atom. The summed E-state index contributed by atoms with van der Waals surface area (Å²) in [6, 6.07) is 19.0. The van der Waals surface area contributed by atoms with Gasteiger partial charge in [0.1, 0.15) is 10.7 Å². The van der Waals surface area contributed by atoms with Gasteiger partial charge >= 0.3 is 0 Å². The van der Waals surface area contributed by atoms with Crippen molar-refractivity contribution < 1.29 is 17.6 Å². The number of sulfonamides is 1. The Balaban J connectivity index is 1.85. The van der Waals surface area contributed by atoms with Crippen LogP contribution in [0.25, 0.3) is 0 Å². The third-order valence-corrected chi connectivity index (χ3v) is 6.60. The Bertz CT molecular complexity index is 1150. The van der Waals surface area contributed by atoms with E-state index < -0.39 is 26.6 Å². The first-order chi connectivity index (χ1) is 14.3. The lowest BCUT2D eigenvalue weighted by Crippen LogP contribution is -2.32. The van der Waals surface area contributed by atoms with Gasteiger partial charge in [0.2, 0.25) is 0 Å². The molecule has 0 aliphatic heterocycles. The molecule has 0 saturated carbocycles. The predicted molar refractivity (Wildman–Crippen MR) is 116 cm³/mol. The summed E-state index contributed by atoms with van der Waals surface area (Å²) < 4.78 is 40.9. The van der Waals surface area contributed by atoms with Crippen LogP contribution in [0.5, 0.6) is 0 Å². The van der Waals surface area contributed by atoms with Gasteiger partial charge in [-0.3, -0.25) is 9.10 Å². The summed E-state index contributed by atoms with van der Waals surface area (Å²) in [5.41, 5.74) is 1.24. The quantitative estimate of drug-likeness (QED) is 0.589. The molecule has 0 atom stereocenters. The maximum absolute atomic E-state index is 14.1. The summed E-state index contributed by atoms with van der Waals surface area (Å²) in [5, 5.41) is 3.06. The average molecular weight is 447 g/mol. The van der Waals surface area contributed by atoms with Crippen molar-refractivity contribution in [1.29, 1.82) is 0 Å². The zero-order valence-electron chi connectivity index (χ0n) is 16.2. The summed E-state index contributed by atoms with van der Waals surface area (Å²) in [6.07, 6.45) is 0.617. The first-order valence-electron chi connectivity index (χ1n) is 9.16. The summed E-state index contributed by atoms with van der Waals surface area (Å²) in [7, 11) is -2.95. The molecule has 30 heavy (non-hydrogen) atoms. The van der Waals surface area contributed by atoms with E-state index in [1.165, 1.54) is 43.4 Å². The Labute approximate surface area is 180 Å². The molecular weight excluding hydrogens is 427 g/mol. The van der Waals surface area contributed by atoms with Crippen LogP contribution in [0, 0.1) is 5.82 Å². The zero-order chi connectivity index (χ0) is 21.7. The lowest BCUT2D eigenvalue weighted by atomic mass is 10.1. The van der Waals surface area contributed by atoms with Crippen LogP contribution in [0.4, 0.5) is 10.1 Å². The Morgan fingerprint density at radius 1 is 1.03 bits per heavy atom. The highest BCUT2D eigenvalue weighted by atomic mass is 35.5. The summed E-state index contributed by atoms with van der Waals surface area (Å²) in [4.78, 5) is 12.3. The Morgan fingerprint density at radius 2 is 1.70 bits per heavy atom. The molecule has 0 fully saturated rings. The molecule has 0 heterocycles. The van der Waals surface area contributed by atoms with Gasteiger partial charge in [0.05, 0.1) is 11.3 Å². The van der Waals surface area contributed by atoms with Crippen LogP contribution < -0.4 is 9.62 Å². The van der Waals surface area contributed by atoms with Crippen molar-refractivity contribution in [3.8, 4) is 0 Å². The minimum Gasteiger partial charge on any atom is -0.352 e. The van der Waals surface area contributed by atoms with Crippen molar-refractivity contribution in [3.05, 3.63) is 94.8 Å². The Kier molecular flexibility index (Phi) is 6.74. The Hall–Kier alpha value is -2.90. The molecule has 0 unspecified atom stereocenters. The number of anilines is 1. The topological polar surface area (TPSA) is 66.5 Å². The molecule has 0 radical (unpaired) electrons. The van der Waals surface area contributed by atoms with E-state index in [1.807, 2.05) is 30.3 Å². The normalized spacial score (nSPS) is 11.2. The monoisotopic (exact) mass is 446 g/mol. The van der Waals surface area contributed by atoms with E-state index in [4.69, 9.17) is 11.6 Å². The molecule has 5 nitrogen and oxygen atoms in total. The van der Waals surface area contributed by atoms with Crippen molar-refractivity contribution in [1.82, 2.24) is 5.32 Å². The standard InChI is InChI=1S/C22H20ClFN2O3S/c1-26(30(28,29)21-10-6-5-9-19(21)24)20-12-11-17(23)15-18(20)22(27)25-14-13-16-7-3-2-4-8-16/h2-12,15H,13-14H2,1H3,(H,25,27). The first-order valence-corrected chi connectivity index (χ1v) is 11.0. The molecule has 3 aromatic rings. The van der Waals surface area contributed by atoms with E-state index in [0.717, 1.165) is 15.9 Å². The second-order valence-electron chi connectivity index (χ2n) is 6.56. The number of nitrogens with one attached hydrogen (secondary N) is 1. The molecule has 0 aliphatic carbocycles. The van der Waals surface area contributed by atoms with E-state index in [-0.39, 0.29) is 16.3 Å². The maximum atomic E-state index is 14.1. The smallest absolute Gasteiger partial charge is 0.267 e. The van der Waals surface area contributed by atoms with E-state index in [0.29, 0.717) is 13.0 Å². The van der Waals surface area contributed by atoms with E-state index in [2.05, 4.69) is 5.32 Å². The minimum atomic E-state index is -4.22. The van der Waals surface area contributed by atoms with E-state index in [1.54, 1.807) is 0 Å². The molecule has 0 saturated heterocycles. The van der Waals surface area contributed by atoms with Crippen LogP contribution in [0.3, 0.4) is 0 Å². The highest BCUT2D eigenvalue weighted by Crippen LogP contribution is 2.29. The maximum Gasteiger partial charge on any atom is 0.267 e. The number of halogens is 2. The van der Waals surface area contributed by atoms with Crippen LogP contribution in [-0.2, 0) is 16.4 Å². The molecule has 0 spiro atoms. The predicted octanol–water partition coefficient (Wildman–Crippen LogP) is 4.28. The number of nitrogens with zero attached hydrogens (tertiary/aromatic N) is 1. The molecule has 156 valence electrons. The highest BCUT2D eigenvalue weighted by Gasteiger charge is 2.27. The summed E-state index contributed by atoms with van der Waals surface area (Å²) in [5.74, 6) is -1.34. The fraction of sp³-hybridized carbons (Fsp3) is 0.136. The summed E-state index contributed by atoms with van der Waals surface area (Å²) >= 11 is 6.04. The van der Waals surface area contributed by atoms with E-state index in [9.17, 15) is 17.6 Å². The van der Waals surface area contributed by atoms with Gasteiger partial charge in [-0.1, -0.05) is 54.1 Å². The van der Waals surface area contributed by atoms with Crippen LogP contribution in [0.15, 0.2) is 77.7 Å². The van der Waals surface area contributed by atoms with Gasteiger partial charge in [0.25, 0.3) is 15.9 Å². The van der Waals surface area contributed by atoms with Gasteiger partial charge in [-0.25, -0.2) is 12.8 Å². The van der Waals surface area contributed by atoms with Crippen molar-refractivity contribution in [2.45, 2.75) is 11.3 Å². The zero-order valence-corrected chi connectivity index (χ0v) is 17.8. The third-order valence-electron chi connectivity index (χ3n) is 4.56.